The Morgan fingerprint density at radius 3 is 2.95 bits per heavy atom. The monoisotopic (exact) mass is 284 g/mol. The van der Waals surface area contributed by atoms with Gasteiger partial charge in [0.05, 0.1) is 6.61 Å². The Balaban J connectivity index is 2.23. The van der Waals surface area contributed by atoms with Crippen molar-refractivity contribution in [2.75, 3.05) is 43.9 Å². The summed E-state index contributed by atoms with van der Waals surface area (Å²) in [6.07, 6.45) is 0. The number of nitrogen functional groups attached to an aromatic ring is 1. The summed E-state index contributed by atoms with van der Waals surface area (Å²) < 4.78 is 9.16. The largest absolute Gasteiger partial charge is 0.462 e. The number of aromatic nitrogens is 1. The van der Waals surface area contributed by atoms with Crippen molar-refractivity contribution < 1.29 is 9.53 Å². The number of hydrogen-bond acceptors (Lipinski definition) is 7. The SMILES string of the molecule is CCOC(=O)c1c(N)nsc1N1CCN(C)C(C)C1. The molecule has 1 aromatic heterocycles. The number of piperazine rings is 1. The molecule has 0 amide bonds. The highest BCUT2D eigenvalue weighted by Crippen LogP contribution is 2.32. The smallest absolute Gasteiger partial charge is 0.345 e. The van der Waals surface area contributed by atoms with E-state index >= 15 is 0 Å². The molecule has 1 aliphatic rings. The van der Waals surface area contributed by atoms with Crippen molar-refractivity contribution in [2.45, 2.75) is 19.9 Å². The van der Waals surface area contributed by atoms with Crippen molar-refractivity contribution in [3.8, 4) is 0 Å². The molecule has 1 fully saturated rings. The first-order valence-electron chi connectivity index (χ1n) is 6.42. The summed E-state index contributed by atoms with van der Waals surface area (Å²) in [7, 11) is 2.11. The van der Waals surface area contributed by atoms with Gasteiger partial charge in [0.1, 0.15) is 10.6 Å². The molecule has 0 aromatic carbocycles. The molecule has 6 nitrogen and oxygen atoms in total. The van der Waals surface area contributed by atoms with Gasteiger partial charge in [0.15, 0.2) is 5.82 Å². The maximum Gasteiger partial charge on any atom is 0.345 e. The van der Waals surface area contributed by atoms with E-state index in [-0.39, 0.29) is 11.8 Å². The highest BCUT2D eigenvalue weighted by Gasteiger charge is 2.28. The number of rotatable bonds is 3. The van der Waals surface area contributed by atoms with Gasteiger partial charge in [0.25, 0.3) is 0 Å². The summed E-state index contributed by atoms with van der Waals surface area (Å²) in [4.78, 5) is 16.4. The van der Waals surface area contributed by atoms with Crippen LogP contribution in [-0.4, -0.2) is 54.6 Å². The van der Waals surface area contributed by atoms with Crippen LogP contribution in [0.1, 0.15) is 24.2 Å². The Labute approximate surface area is 117 Å². The van der Waals surface area contributed by atoms with Gasteiger partial charge in [-0.3, -0.25) is 0 Å². The molecule has 0 spiro atoms. The Kier molecular flexibility index (Phi) is 4.26. The lowest BCUT2D eigenvalue weighted by Gasteiger charge is -2.38. The lowest BCUT2D eigenvalue weighted by molar-refractivity contribution is 0.0528. The van der Waals surface area contributed by atoms with Crippen LogP contribution < -0.4 is 10.6 Å². The molecule has 1 atom stereocenters. The van der Waals surface area contributed by atoms with Crippen LogP contribution in [0.3, 0.4) is 0 Å². The third-order valence-corrected chi connectivity index (χ3v) is 4.35. The zero-order chi connectivity index (χ0) is 14.0. The summed E-state index contributed by atoms with van der Waals surface area (Å²) in [6, 6.07) is 0.437. The van der Waals surface area contributed by atoms with Crippen molar-refractivity contribution >= 4 is 28.3 Å². The van der Waals surface area contributed by atoms with E-state index in [2.05, 4.69) is 28.1 Å². The number of carbonyl (C=O) groups is 1. The number of hydrogen-bond donors (Lipinski definition) is 1. The minimum absolute atomic E-state index is 0.269. The predicted octanol–water partition coefficient (Wildman–Crippen LogP) is 1.04. The molecule has 2 heterocycles. The van der Waals surface area contributed by atoms with Crippen molar-refractivity contribution in [1.82, 2.24) is 9.27 Å². The molecule has 2 N–H and O–H groups in total. The summed E-state index contributed by atoms with van der Waals surface area (Å²) in [5.41, 5.74) is 6.22. The van der Waals surface area contributed by atoms with Gasteiger partial charge in [-0.25, -0.2) is 4.79 Å². The fourth-order valence-electron chi connectivity index (χ4n) is 2.14. The Hall–Kier alpha value is -1.34. The van der Waals surface area contributed by atoms with Crippen LogP contribution in [0.4, 0.5) is 10.8 Å². The van der Waals surface area contributed by atoms with Crippen molar-refractivity contribution in [3.05, 3.63) is 5.56 Å². The van der Waals surface area contributed by atoms with Crippen LogP contribution in [0, 0.1) is 0 Å². The summed E-state index contributed by atoms with van der Waals surface area (Å²) in [6.45, 7) is 6.99. The van der Waals surface area contributed by atoms with E-state index in [1.807, 2.05) is 0 Å². The lowest BCUT2D eigenvalue weighted by atomic mass is 10.2. The van der Waals surface area contributed by atoms with Crippen LogP contribution in [-0.2, 0) is 4.74 Å². The minimum atomic E-state index is -0.379. The number of esters is 1. The molecule has 106 valence electrons. The second kappa shape index (κ2) is 5.75. The summed E-state index contributed by atoms with van der Waals surface area (Å²) >= 11 is 1.27. The molecular weight excluding hydrogens is 264 g/mol. The number of carbonyl (C=O) groups excluding carboxylic acids is 1. The molecule has 19 heavy (non-hydrogen) atoms. The van der Waals surface area contributed by atoms with Crippen LogP contribution >= 0.6 is 11.5 Å². The highest BCUT2D eigenvalue weighted by molar-refractivity contribution is 7.11. The standard InChI is InChI=1S/C12H20N4O2S/c1-4-18-12(17)9-10(13)14-19-11(9)16-6-5-15(3)8(2)7-16/h8H,4-7H2,1-3H3,(H2,13,14). The summed E-state index contributed by atoms with van der Waals surface area (Å²) in [5.74, 6) is -0.111. The maximum absolute atomic E-state index is 12.0. The maximum atomic E-state index is 12.0. The third kappa shape index (κ3) is 2.82. The second-order valence-electron chi connectivity index (χ2n) is 4.74. The Morgan fingerprint density at radius 1 is 1.58 bits per heavy atom. The first kappa shape index (κ1) is 14.1. The fraction of sp³-hybridized carbons (Fsp3) is 0.667. The predicted molar refractivity (Wildman–Crippen MR) is 76.8 cm³/mol. The number of likely N-dealkylation sites (N-methyl/N-ethyl adjacent to an activating group) is 1. The quantitative estimate of drug-likeness (QED) is 0.836. The first-order valence-corrected chi connectivity index (χ1v) is 7.19. The minimum Gasteiger partial charge on any atom is -0.462 e. The van der Waals surface area contributed by atoms with Gasteiger partial charge in [-0.2, -0.15) is 4.37 Å². The molecule has 0 aliphatic carbocycles. The van der Waals surface area contributed by atoms with Crippen molar-refractivity contribution in [2.24, 2.45) is 0 Å². The molecule has 1 unspecified atom stereocenters. The van der Waals surface area contributed by atoms with Gasteiger partial charge >= 0.3 is 5.97 Å². The highest BCUT2D eigenvalue weighted by atomic mass is 32.1. The van der Waals surface area contributed by atoms with E-state index in [9.17, 15) is 4.79 Å². The molecular formula is C12H20N4O2S. The van der Waals surface area contributed by atoms with Gasteiger partial charge in [-0.15, -0.1) is 0 Å². The number of nitrogens with zero attached hydrogens (tertiary/aromatic N) is 3. The van der Waals surface area contributed by atoms with E-state index in [1.165, 1.54) is 11.5 Å². The van der Waals surface area contributed by atoms with E-state index in [1.54, 1.807) is 6.92 Å². The lowest BCUT2D eigenvalue weighted by Crippen LogP contribution is -2.50. The Bertz CT molecular complexity index is 463. The third-order valence-electron chi connectivity index (χ3n) is 3.43. The van der Waals surface area contributed by atoms with Crippen LogP contribution in [0.5, 0.6) is 0 Å². The average molecular weight is 284 g/mol. The first-order chi connectivity index (χ1) is 9.04. The zero-order valence-corrected chi connectivity index (χ0v) is 12.4. The van der Waals surface area contributed by atoms with E-state index in [0.29, 0.717) is 18.2 Å². The molecule has 1 aromatic rings. The number of ether oxygens (including phenoxy) is 1. The molecule has 2 rings (SSSR count). The van der Waals surface area contributed by atoms with Gasteiger partial charge < -0.3 is 20.3 Å². The van der Waals surface area contributed by atoms with Crippen LogP contribution in [0.25, 0.3) is 0 Å². The normalized spacial score (nSPS) is 20.6. The van der Waals surface area contributed by atoms with E-state index in [0.717, 1.165) is 24.6 Å². The van der Waals surface area contributed by atoms with E-state index in [4.69, 9.17) is 10.5 Å². The summed E-state index contributed by atoms with van der Waals surface area (Å²) in [5, 5.41) is 0.830. The van der Waals surface area contributed by atoms with Crippen molar-refractivity contribution in [3.63, 3.8) is 0 Å². The second-order valence-corrected chi connectivity index (χ2v) is 5.50. The Morgan fingerprint density at radius 2 is 2.32 bits per heavy atom. The number of anilines is 2. The van der Waals surface area contributed by atoms with Crippen molar-refractivity contribution in [1.29, 1.82) is 0 Å². The van der Waals surface area contributed by atoms with Gasteiger partial charge in [-0.05, 0) is 32.4 Å². The topological polar surface area (TPSA) is 71.7 Å². The molecule has 1 saturated heterocycles. The van der Waals surface area contributed by atoms with Gasteiger partial charge in [-0.1, -0.05) is 0 Å². The fourth-order valence-corrected chi connectivity index (χ4v) is 2.97. The molecule has 0 bridgehead atoms. The molecule has 7 heteroatoms. The molecule has 0 saturated carbocycles. The van der Waals surface area contributed by atoms with Gasteiger partial charge in [0.2, 0.25) is 0 Å². The van der Waals surface area contributed by atoms with Gasteiger partial charge in [0, 0.05) is 25.7 Å². The molecule has 0 radical (unpaired) electrons. The average Bonchev–Trinajstić information content (AvgIpc) is 2.75. The van der Waals surface area contributed by atoms with Crippen LogP contribution in [0.2, 0.25) is 0 Å². The number of nitrogens with two attached hydrogens (primary N) is 1. The molecule has 1 aliphatic heterocycles. The van der Waals surface area contributed by atoms with Crippen LogP contribution in [0.15, 0.2) is 0 Å². The zero-order valence-electron chi connectivity index (χ0n) is 11.5. The van der Waals surface area contributed by atoms with E-state index < -0.39 is 0 Å².